The molecule has 0 aromatic rings. The van der Waals surface area contributed by atoms with Crippen molar-refractivity contribution >= 4 is 11.8 Å². The largest absolute Gasteiger partial charge is 0.342 e. The van der Waals surface area contributed by atoms with Crippen molar-refractivity contribution in [2.24, 2.45) is 5.92 Å². The van der Waals surface area contributed by atoms with Crippen LogP contribution in [0, 0.1) is 5.92 Å². The molecule has 2 rings (SSSR count). The third-order valence-electron chi connectivity index (χ3n) is 3.14. The minimum atomic E-state index is 0.0429. The molecule has 0 spiro atoms. The number of rotatable bonds is 2. The van der Waals surface area contributed by atoms with Gasteiger partial charge in [-0.25, -0.2) is 0 Å². The summed E-state index contributed by atoms with van der Waals surface area (Å²) in [7, 11) is 1.78. The predicted octanol–water partition coefficient (Wildman–Crippen LogP) is -1.10. The third-order valence-corrected chi connectivity index (χ3v) is 3.14. The van der Waals surface area contributed by atoms with E-state index in [9.17, 15) is 9.59 Å². The van der Waals surface area contributed by atoms with Crippen molar-refractivity contribution in [2.45, 2.75) is 6.42 Å². The van der Waals surface area contributed by atoms with Crippen LogP contribution in [0.5, 0.6) is 0 Å². The molecule has 2 saturated heterocycles. The maximum atomic E-state index is 11.8. The van der Waals surface area contributed by atoms with Crippen molar-refractivity contribution in [2.75, 3.05) is 39.8 Å². The summed E-state index contributed by atoms with van der Waals surface area (Å²) in [6.07, 6.45) is 0.587. The molecule has 0 atom stereocenters. The molecule has 0 unspecified atom stereocenters. The molecule has 15 heavy (non-hydrogen) atoms. The zero-order chi connectivity index (χ0) is 10.8. The van der Waals surface area contributed by atoms with E-state index in [1.807, 2.05) is 0 Å². The van der Waals surface area contributed by atoms with E-state index < -0.39 is 0 Å². The molecule has 2 heterocycles. The molecule has 0 aliphatic carbocycles. The Balaban J connectivity index is 1.82. The van der Waals surface area contributed by atoms with E-state index in [2.05, 4.69) is 5.32 Å². The summed E-state index contributed by atoms with van der Waals surface area (Å²) in [4.78, 5) is 26.5. The Morgan fingerprint density at radius 2 is 2.20 bits per heavy atom. The van der Waals surface area contributed by atoms with Gasteiger partial charge in [0.25, 0.3) is 0 Å². The Morgan fingerprint density at radius 1 is 1.47 bits per heavy atom. The topological polar surface area (TPSA) is 52.6 Å². The number of hydrogen-bond acceptors (Lipinski definition) is 3. The highest BCUT2D eigenvalue weighted by Crippen LogP contribution is 2.12. The zero-order valence-electron chi connectivity index (χ0n) is 9.03. The molecule has 1 N–H and O–H groups in total. The Kier molecular flexibility index (Phi) is 2.90. The molecule has 0 saturated carbocycles. The quantitative estimate of drug-likeness (QED) is 0.630. The number of nitrogens with one attached hydrogen (secondary N) is 1. The van der Waals surface area contributed by atoms with E-state index in [4.69, 9.17) is 0 Å². The number of carbonyl (C=O) groups is 2. The fraction of sp³-hybridized carbons (Fsp3) is 0.800. The monoisotopic (exact) mass is 211 g/mol. The first kappa shape index (κ1) is 10.4. The molecule has 2 amide bonds. The van der Waals surface area contributed by atoms with Gasteiger partial charge in [0.2, 0.25) is 11.8 Å². The second-order valence-electron chi connectivity index (χ2n) is 4.36. The van der Waals surface area contributed by atoms with Gasteiger partial charge in [-0.2, -0.15) is 0 Å². The summed E-state index contributed by atoms with van der Waals surface area (Å²) in [5.41, 5.74) is 0. The minimum Gasteiger partial charge on any atom is -0.342 e. The van der Waals surface area contributed by atoms with Gasteiger partial charge < -0.3 is 15.1 Å². The molecule has 0 aromatic heterocycles. The maximum absolute atomic E-state index is 11.8. The van der Waals surface area contributed by atoms with Crippen LogP contribution in [0.1, 0.15) is 6.42 Å². The van der Waals surface area contributed by atoms with Crippen LogP contribution in [0.2, 0.25) is 0 Å². The van der Waals surface area contributed by atoms with E-state index in [0.29, 0.717) is 25.4 Å². The van der Waals surface area contributed by atoms with Crippen molar-refractivity contribution in [3.8, 4) is 0 Å². The fourth-order valence-corrected chi connectivity index (χ4v) is 1.84. The smallest absolute Gasteiger partial charge is 0.241 e. The van der Waals surface area contributed by atoms with Crippen molar-refractivity contribution in [3.63, 3.8) is 0 Å². The number of piperazine rings is 1. The first-order valence-electron chi connectivity index (χ1n) is 5.39. The van der Waals surface area contributed by atoms with Gasteiger partial charge in [-0.1, -0.05) is 0 Å². The van der Waals surface area contributed by atoms with Crippen LogP contribution in [0.25, 0.3) is 0 Å². The van der Waals surface area contributed by atoms with E-state index >= 15 is 0 Å². The second-order valence-corrected chi connectivity index (χ2v) is 4.36. The first-order valence-corrected chi connectivity index (χ1v) is 5.39. The van der Waals surface area contributed by atoms with Crippen LogP contribution in [0.3, 0.4) is 0 Å². The van der Waals surface area contributed by atoms with Gasteiger partial charge >= 0.3 is 0 Å². The lowest BCUT2D eigenvalue weighted by Gasteiger charge is -2.34. The second kappa shape index (κ2) is 4.18. The number of hydrogen-bond donors (Lipinski definition) is 1. The number of nitrogens with zero attached hydrogens (tertiary/aromatic N) is 2. The number of carbonyl (C=O) groups excluding carboxylic acids is 2. The van der Waals surface area contributed by atoms with E-state index in [1.165, 1.54) is 0 Å². The molecule has 0 aromatic carbocycles. The fourth-order valence-electron chi connectivity index (χ4n) is 1.84. The van der Waals surface area contributed by atoms with Crippen LogP contribution in [0.15, 0.2) is 0 Å². The lowest BCUT2D eigenvalue weighted by molar-refractivity contribution is -0.144. The summed E-state index contributed by atoms with van der Waals surface area (Å²) >= 11 is 0. The summed E-state index contributed by atoms with van der Waals surface area (Å²) in [5.74, 6) is 0.650. The summed E-state index contributed by atoms with van der Waals surface area (Å²) in [6.45, 7) is 3.48. The van der Waals surface area contributed by atoms with Gasteiger partial charge in [0.15, 0.2) is 0 Å². The van der Waals surface area contributed by atoms with E-state index in [1.54, 1.807) is 16.8 Å². The lowest BCUT2D eigenvalue weighted by atomic mass is 9.98. The molecular formula is C10H17N3O2. The van der Waals surface area contributed by atoms with Crippen molar-refractivity contribution in [3.05, 3.63) is 0 Å². The van der Waals surface area contributed by atoms with Gasteiger partial charge in [-0.3, -0.25) is 9.59 Å². The van der Waals surface area contributed by atoms with E-state index in [-0.39, 0.29) is 18.4 Å². The molecule has 5 nitrogen and oxygen atoms in total. The minimum absolute atomic E-state index is 0.0429. The molecule has 2 aliphatic heterocycles. The van der Waals surface area contributed by atoms with Crippen LogP contribution in [-0.2, 0) is 9.59 Å². The highest BCUT2D eigenvalue weighted by molar-refractivity contribution is 5.86. The zero-order valence-corrected chi connectivity index (χ0v) is 9.03. The molecule has 0 bridgehead atoms. The average Bonchev–Trinajstić information content (AvgIpc) is 2.15. The third kappa shape index (κ3) is 2.28. The SMILES string of the molecule is CN1CCN(C(=O)CC2CNC2)CC1=O. The molecule has 5 heteroatoms. The van der Waals surface area contributed by atoms with Gasteiger partial charge in [0, 0.05) is 26.6 Å². The molecular weight excluding hydrogens is 194 g/mol. The Hall–Kier alpha value is -1.10. The van der Waals surface area contributed by atoms with Gasteiger partial charge in [0.1, 0.15) is 0 Å². The van der Waals surface area contributed by atoms with Gasteiger partial charge in [-0.15, -0.1) is 0 Å². The highest BCUT2D eigenvalue weighted by atomic mass is 16.2. The van der Waals surface area contributed by atoms with Crippen molar-refractivity contribution < 1.29 is 9.59 Å². The molecule has 0 radical (unpaired) electrons. The van der Waals surface area contributed by atoms with Crippen molar-refractivity contribution in [1.82, 2.24) is 15.1 Å². The maximum Gasteiger partial charge on any atom is 0.241 e. The van der Waals surface area contributed by atoms with E-state index in [0.717, 1.165) is 13.1 Å². The normalized spacial score (nSPS) is 22.9. The lowest BCUT2D eigenvalue weighted by Crippen LogP contribution is -2.52. The number of amides is 2. The van der Waals surface area contributed by atoms with Crippen LogP contribution in [0.4, 0.5) is 0 Å². The van der Waals surface area contributed by atoms with Crippen LogP contribution in [-0.4, -0.2) is 61.4 Å². The van der Waals surface area contributed by atoms with Gasteiger partial charge in [-0.05, 0) is 19.0 Å². The summed E-state index contributed by atoms with van der Waals surface area (Å²) in [5, 5.41) is 3.14. The summed E-state index contributed by atoms with van der Waals surface area (Å²) in [6, 6.07) is 0. The highest BCUT2D eigenvalue weighted by Gasteiger charge is 2.28. The van der Waals surface area contributed by atoms with Crippen molar-refractivity contribution in [1.29, 1.82) is 0 Å². The molecule has 84 valence electrons. The molecule has 2 aliphatic rings. The molecule has 2 fully saturated rings. The predicted molar refractivity (Wildman–Crippen MR) is 55.2 cm³/mol. The van der Waals surface area contributed by atoms with Gasteiger partial charge in [0.05, 0.1) is 6.54 Å². The Bertz CT molecular complexity index is 276. The van der Waals surface area contributed by atoms with Crippen LogP contribution >= 0.6 is 0 Å². The standard InChI is InChI=1S/C10H17N3O2/c1-12-2-3-13(7-10(12)15)9(14)4-8-5-11-6-8/h8,11H,2-7H2,1H3. The Morgan fingerprint density at radius 3 is 2.73 bits per heavy atom. The average molecular weight is 211 g/mol. The first-order chi connectivity index (χ1) is 7.16. The van der Waals surface area contributed by atoms with Crippen LogP contribution < -0.4 is 5.32 Å². The number of likely N-dealkylation sites (N-methyl/N-ethyl adjacent to an activating group) is 1. The Labute approximate surface area is 89.4 Å². The summed E-state index contributed by atoms with van der Waals surface area (Å²) < 4.78 is 0.